The molecular weight excluding hydrogens is 319 g/mol. The first-order valence-electron chi connectivity index (χ1n) is 6.45. The van der Waals surface area contributed by atoms with Crippen LogP contribution in [0.5, 0.6) is 0 Å². The van der Waals surface area contributed by atoms with Gasteiger partial charge < -0.3 is 5.32 Å². The zero-order valence-corrected chi connectivity index (χ0v) is 12.3. The summed E-state index contributed by atoms with van der Waals surface area (Å²) in [6.07, 6.45) is -2.21. The third kappa shape index (κ3) is 3.88. The summed E-state index contributed by atoms with van der Waals surface area (Å²) in [6.45, 7) is 1.97. The molecule has 1 N–H and O–H groups in total. The van der Waals surface area contributed by atoms with Crippen LogP contribution in [0.1, 0.15) is 31.2 Å². The van der Waals surface area contributed by atoms with Gasteiger partial charge in [0.15, 0.2) is 0 Å². The van der Waals surface area contributed by atoms with Crippen molar-refractivity contribution in [2.24, 2.45) is 5.92 Å². The molecule has 1 nitrogen and oxygen atoms in total. The average Bonchev–Trinajstić information content (AvgIpc) is 2.33. The molecule has 0 aliphatic heterocycles. The molecule has 0 radical (unpaired) electrons. The fourth-order valence-electron chi connectivity index (χ4n) is 2.59. The number of nitrogens with one attached hydrogen (secondary N) is 1. The van der Waals surface area contributed by atoms with Gasteiger partial charge in [-0.3, -0.25) is 0 Å². The first-order chi connectivity index (χ1) is 8.86. The summed E-state index contributed by atoms with van der Waals surface area (Å²) >= 11 is 3.43. The molecule has 0 aromatic heterocycles. The fraction of sp³-hybridized carbons (Fsp3) is 0.571. The molecule has 1 aromatic rings. The molecule has 106 valence electrons. The molecule has 2 rings (SSSR count). The van der Waals surface area contributed by atoms with E-state index in [2.05, 4.69) is 21.2 Å². The van der Waals surface area contributed by atoms with Crippen molar-refractivity contribution in [3.63, 3.8) is 0 Å². The van der Waals surface area contributed by atoms with Crippen molar-refractivity contribution in [1.29, 1.82) is 0 Å². The second-order valence-electron chi connectivity index (χ2n) is 5.23. The molecule has 2 unspecified atom stereocenters. The van der Waals surface area contributed by atoms with Crippen LogP contribution in [0.3, 0.4) is 0 Å². The number of rotatable bonds is 2. The predicted molar refractivity (Wildman–Crippen MR) is 74.3 cm³/mol. The Labute approximate surface area is 119 Å². The number of benzene rings is 1. The van der Waals surface area contributed by atoms with E-state index in [1.165, 1.54) is 0 Å². The standard InChI is InChI=1S/C14H17BrF3N/c1-9-5-6-12(15)13(7-9)19-11-4-2-3-10(8-11)14(16,17)18/h5-7,10-11,19H,2-4,8H2,1H3. The van der Waals surface area contributed by atoms with E-state index in [-0.39, 0.29) is 18.9 Å². The molecule has 0 saturated heterocycles. The Balaban J connectivity index is 2.05. The highest BCUT2D eigenvalue weighted by atomic mass is 79.9. The third-order valence-corrected chi connectivity index (χ3v) is 4.31. The summed E-state index contributed by atoms with van der Waals surface area (Å²) in [4.78, 5) is 0. The Hall–Kier alpha value is -0.710. The number of hydrogen-bond acceptors (Lipinski definition) is 1. The van der Waals surface area contributed by atoms with Crippen molar-refractivity contribution < 1.29 is 13.2 Å². The molecule has 1 aromatic carbocycles. The summed E-state index contributed by atoms with van der Waals surface area (Å²) in [5, 5.41) is 3.25. The van der Waals surface area contributed by atoms with E-state index in [1.54, 1.807) is 0 Å². The monoisotopic (exact) mass is 335 g/mol. The summed E-state index contributed by atoms with van der Waals surface area (Å²) in [7, 11) is 0. The van der Waals surface area contributed by atoms with Crippen molar-refractivity contribution in [3.8, 4) is 0 Å². The first kappa shape index (κ1) is 14.7. The van der Waals surface area contributed by atoms with Gasteiger partial charge in [0.05, 0.1) is 5.92 Å². The van der Waals surface area contributed by atoms with Gasteiger partial charge >= 0.3 is 6.18 Å². The quantitative estimate of drug-likeness (QED) is 0.774. The van der Waals surface area contributed by atoms with Crippen molar-refractivity contribution in [2.45, 2.75) is 44.8 Å². The van der Waals surface area contributed by atoms with Gasteiger partial charge in [-0.2, -0.15) is 13.2 Å². The number of hydrogen-bond donors (Lipinski definition) is 1. The van der Waals surface area contributed by atoms with Crippen LogP contribution >= 0.6 is 15.9 Å². The van der Waals surface area contributed by atoms with Gasteiger partial charge in [0, 0.05) is 16.2 Å². The van der Waals surface area contributed by atoms with E-state index in [1.807, 2.05) is 25.1 Å². The minimum Gasteiger partial charge on any atom is -0.381 e. The lowest BCUT2D eigenvalue weighted by atomic mass is 9.85. The topological polar surface area (TPSA) is 12.0 Å². The summed E-state index contributed by atoms with van der Waals surface area (Å²) < 4.78 is 39.2. The molecule has 19 heavy (non-hydrogen) atoms. The zero-order valence-electron chi connectivity index (χ0n) is 10.7. The van der Waals surface area contributed by atoms with Gasteiger partial charge in [0.25, 0.3) is 0 Å². The molecule has 5 heteroatoms. The third-order valence-electron chi connectivity index (χ3n) is 3.62. The maximum absolute atomic E-state index is 12.8. The first-order valence-corrected chi connectivity index (χ1v) is 7.25. The van der Waals surface area contributed by atoms with Crippen molar-refractivity contribution >= 4 is 21.6 Å². The largest absolute Gasteiger partial charge is 0.391 e. The fourth-order valence-corrected chi connectivity index (χ4v) is 2.95. The van der Waals surface area contributed by atoms with Crippen molar-refractivity contribution in [3.05, 3.63) is 28.2 Å². The smallest absolute Gasteiger partial charge is 0.381 e. The van der Waals surface area contributed by atoms with Gasteiger partial charge in [0.1, 0.15) is 0 Å². The highest BCUT2D eigenvalue weighted by Gasteiger charge is 2.42. The SMILES string of the molecule is Cc1ccc(Br)c(NC2CCCC(C(F)(F)F)C2)c1. The Morgan fingerprint density at radius 1 is 1.26 bits per heavy atom. The van der Waals surface area contributed by atoms with Gasteiger partial charge in [-0.15, -0.1) is 0 Å². The van der Waals surface area contributed by atoms with E-state index < -0.39 is 12.1 Å². The maximum atomic E-state index is 12.8. The molecule has 0 heterocycles. The van der Waals surface area contributed by atoms with Gasteiger partial charge in [-0.1, -0.05) is 12.5 Å². The molecule has 0 amide bonds. The minimum absolute atomic E-state index is 0.0986. The van der Waals surface area contributed by atoms with Crippen LogP contribution in [0.2, 0.25) is 0 Å². The minimum atomic E-state index is -4.07. The van der Waals surface area contributed by atoms with Crippen LogP contribution in [-0.2, 0) is 0 Å². The van der Waals surface area contributed by atoms with E-state index in [0.717, 1.165) is 22.1 Å². The lowest BCUT2D eigenvalue weighted by Crippen LogP contribution is -2.34. The number of alkyl halides is 3. The van der Waals surface area contributed by atoms with Crippen LogP contribution in [0, 0.1) is 12.8 Å². The van der Waals surface area contributed by atoms with Gasteiger partial charge in [-0.25, -0.2) is 0 Å². The van der Waals surface area contributed by atoms with Crippen LogP contribution in [0.15, 0.2) is 22.7 Å². The Bertz CT molecular complexity index is 445. The molecule has 1 fully saturated rings. The van der Waals surface area contributed by atoms with Gasteiger partial charge in [0.2, 0.25) is 0 Å². The van der Waals surface area contributed by atoms with E-state index in [4.69, 9.17) is 0 Å². The zero-order chi connectivity index (χ0) is 14.0. The van der Waals surface area contributed by atoms with Crippen molar-refractivity contribution in [2.75, 3.05) is 5.32 Å². The van der Waals surface area contributed by atoms with Crippen LogP contribution < -0.4 is 5.32 Å². The lowest BCUT2D eigenvalue weighted by Gasteiger charge is -2.32. The van der Waals surface area contributed by atoms with E-state index in [0.29, 0.717) is 6.42 Å². The average molecular weight is 336 g/mol. The molecular formula is C14H17BrF3N. The predicted octanol–water partition coefficient (Wildman–Crippen LogP) is 5.29. The summed E-state index contributed by atoms with van der Waals surface area (Å²) in [5.74, 6) is -1.16. The number of anilines is 1. The molecule has 0 bridgehead atoms. The van der Waals surface area contributed by atoms with Crippen LogP contribution in [-0.4, -0.2) is 12.2 Å². The normalized spacial score (nSPS) is 24.3. The highest BCUT2D eigenvalue weighted by Crippen LogP contribution is 2.38. The van der Waals surface area contributed by atoms with Gasteiger partial charge in [-0.05, 0) is 59.8 Å². The van der Waals surface area contributed by atoms with Crippen LogP contribution in [0.25, 0.3) is 0 Å². The Morgan fingerprint density at radius 3 is 2.68 bits per heavy atom. The molecule has 0 spiro atoms. The Kier molecular flexibility index (Phi) is 4.43. The molecule has 1 saturated carbocycles. The highest BCUT2D eigenvalue weighted by molar-refractivity contribution is 9.10. The second kappa shape index (κ2) is 5.73. The number of halogens is 4. The Morgan fingerprint density at radius 2 is 2.00 bits per heavy atom. The number of aryl methyl sites for hydroxylation is 1. The maximum Gasteiger partial charge on any atom is 0.391 e. The molecule has 1 aliphatic carbocycles. The molecule has 1 aliphatic rings. The molecule has 2 atom stereocenters. The lowest BCUT2D eigenvalue weighted by molar-refractivity contribution is -0.182. The summed E-state index contributed by atoms with van der Waals surface area (Å²) in [6, 6.07) is 5.75. The second-order valence-corrected chi connectivity index (χ2v) is 6.08. The van der Waals surface area contributed by atoms with Crippen LogP contribution in [0.4, 0.5) is 18.9 Å². The summed E-state index contributed by atoms with van der Waals surface area (Å²) in [5.41, 5.74) is 1.97. The van der Waals surface area contributed by atoms with E-state index >= 15 is 0 Å². The van der Waals surface area contributed by atoms with Crippen molar-refractivity contribution in [1.82, 2.24) is 0 Å². The van der Waals surface area contributed by atoms with E-state index in [9.17, 15) is 13.2 Å².